The van der Waals surface area contributed by atoms with Crippen molar-refractivity contribution >= 4 is 29.9 Å². The van der Waals surface area contributed by atoms with Crippen LogP contribution in [0.15, 0.2) is 29.3 Å². The van der Waals surface area contributed by atoms with Crippen LogP contribution >= 0.6 is 24.0 Å². The van der Waals surface area contributed by atoms with E-state index in [1.807, 2.05) is 25.2 Å². The minimum atomic E-state index is 0. The fourth-order valence-electron chi connectivity index (χ4n) is 3.03. The minimum absolute atomic E-state index is 0. The maximum Gasteiger partial charge on any atom is 0.191 e. The number of hydrogen-bond donors (Lipinski definition) is 2. The zero-order valence-corrected chi connectivity index (χ0v) is 17.4. The smallest absolute Gasteiger partial charge is 0.191 e. The molecule has 24 heavy (non-hydrogen) atoms. The fraction of sp³-hybridized carbons (Fsp3) is 0.611. The molecule has 0 aromatic heterocycles. The topological polar surface area (TPSA) is 48.9 Å². The molecule has 2 N–H and O–H groups in total. The molecular formula is C18H31IN4O. The molecule has 1 fully saturated rings. The van der Waals surface area contributed by atoms with Crippen molar-refractivity contribution in [3.63, 3.8) is 0 Å². The molecule has 0 amide bonds. The summed E-state index contributed by atoms with van der Waals surface area (Å²) < 4.78 is 5.26. The van der Waals surface area contributed by atoms with E-state index in [-0.39, 0.29) is 24.0 Å². The second-order valence-corrected chi connectivity index (χ2v) is 6.06. The van der Waals surface area contributed by atoms with Crippen molar-refractivity contribution in [2.45, 2.75) is 26.3 Å². The first kappa shape index (κ1) is 21.0. The first-order chi connectivity index (χ1) is 11.2. The summed E-state index contributed by atoms with van der Waals surface area (Å²) in [5.41, 5.74) is 1.18. The first-order valence-electron chi connectivity index (χ1n) is 8.55. The van der Waals surface area contributed by atoms with Crippen LogP contribution in [0.5, 0.6) is 5.75 Å². The van der Waals surface area contributed by atoms with Gasteiger partial charge in [-0.15, -0.1) is 24.0 Å². The van der Waals surface area contributed by atoms with Gasteiger partial charge in [-0.05, 0) is 49.5 Å². The first-order valence-corrected chi connectivity index (χ1v) is 8.55. The highest BCUT2D eigenvalue weighted by Gasteiger charge is 2.18. The quantitative estimate of drug-likeness (QED) is 0.401. The van der Waals surface area contributed by atoms with E-state index >= 15 is 0 Å². The summed E-state index contributed by atoms with van der Waals surface area (Å²) >= 11 is 0. The molecule has 1 atom stereocenters. The minimum Gasteiger partial charge on any atom is -0.497 e. The van der Waals surface area contributed by atoms with E-state index in [4.69, 9.17) is 4.74 Å². The van der Waals surface area contributed by atoms with Crippen molar-refractivity contribution in [2.24, 2.45) is 10.9 Å². The molecule has 1 aromatic carbocycles. The number of nitrogens with zero attached hydrogens (tertiary/aromatic N) is 2. The number of rotatable bonds is 6. The van der Waals surface area contributed by atoms with Crippen molar-refractivity contribution in [3.8, 4) is 5.75 Å². The molecule has 136 valence electrons. The van der Waals surface area contributed by atoms with Crippen LogP contribution in [0.1, 0.15) is 25.3 Å². The standard InChI is InChI=1S/C18H30N4O.HI/c1-4-22-10-6-8-16(14-22)13-21-18(19-2)20-12-15-7-5-9-17(11-15)23-3;/h5,7,9,11,16H,4,6,8,10,12-14H2,1-3H3,(H2,19,20,21);1H. The average Bonchev–Trinajstić information content (AvgIpc) is 2.62. The van der Waals surface area contributed by atoms with Crippen LogP contribution < -0.4 is 15.4 Å². The van der Waals surface area contributed by atoms with Gasteiger partial charge in [0.1, 0.15) is 5.75 Å². The maximum atomic E-state index is 5.26. The van der Waals surface area contributed by atoms with E-state index in [0.717, 1.165) is 31.3 Å². The Labute approximate surface area is 163 Å². The van der Waals surface area contributed by atoms with E-state index in [1.165, 1.54) is 31.5 Å². The van der Waals surface area contributed by atoms with Crippen LogP contribution in [-0.4, -0.2) is 51.2 Å². The predicted molar refractivity (Wildman–Crippen MR) is 111 cm³/mol. The molecule has 1 aromatic rings. The average molecular weight is 446 g/mol. The van der Waals surface area contributed by atoms with Crippen LogP contribution in [-0.2, 0) is 6.54 Å². The number of methoxy groups -OCH3 is 1. The van der Waals surface area contributed by atoms with Gasteiger partial charge in [-0.1, -0.05) is 19.1 Å². The summed E-state index contributed by atoms with van der Waals surface area (Å²) in [6, 6.07) is 8.09. The Morgan fingerprint density at radius 3 is 2.92 bits per heavy atom. The van der Waals surface area contributed by atoms with Gasteiger partial charge in [0, 0.05) is 26.7 Å². The SMILES string of the molecule is CCN1CCCC(CNC(=NC)NCc2cccc(OC)c2)C1.I. The van der Waals surface area contributed by atoms with Crippen LogP contribution in [0.3, 0.4) is 0 Å². The molecule has 0 aliphatic carbocycles. The summed E-state index contributed by atoms with van der Waals surface area (Å²) in [5.74, 6) is 2.45. The number of ether oxygens (including phenoxy) is 1. The molecule has 1 aliphatic rings. The third-order valence-electron chi connectivity index (χ3n) is 4.43. The van der Waals surface area contributed by atoms with Crippen LogP contribution in [0.4, 0.5) is 0 Å². The summed E-state index contributed by atoms with van der Waals surface area (Å²) in [5, 5.41) is 6.84. The molecular weight excluding hydrogens is 415 g/mol. The predicted octanol–water partition coefficient (Wildman–Crippen LogP) is 2.71. The van der Waals surface area contributed by atoms with Gasteiger partial charge in [-0.3, -0.25) is 4.99 Å². The zero-order valence-electron chi connectivity index (χ0n) is 15.0. The Hall–Kier alpha value is -1.02. The van der Waals surface area contributed by atoms with Gasteiger partial charge in [0.15, 0.2) is 5.96 Å². The maximum absolute atomic E-state index is 5.26. The highest BCUT2D eigenvalue weighted by atomic mass is 127. The van der Waals surface area contributed by atoms with Gasteiger partial charge in [-0.2, -0.15) is 0 Å². The second-order valence-electron chi connectivity index (χ2n) is 6.06. The summed E-state index contributed by atoms with van der Waals surface area (Å²) in [6.07, 6.45) is 2.60. The third-order valence-corrected chi connectivity index (χ3v) is 4.43. The van der Waals surface area contributed by atoms with Crippen molar-refractivity contribution < 1.29 is 4.74 Å². The summed E-state index contributed by atoms with van der Waals surface area (Å²) in [7, 11) is 3.51. The van der Waals surface area contributed by atoms with E-state index in [0.29, 0.717) is 5.92 Å². The van der Waals surface area contributed by atoms with Gasteiger partial charge in [0.05, 0.1) is 7.11 Å². The van der Waals surface area contributed by atoms with Gasteiger partial charge in [-0.25, -0.2) is 0 Å². The molecule has 1 aliphatic heterocycles. The monoisotopic (exact) mass is 446 g/mol. The van der Waals surface area contributed by atoms with Crippen molar-refractivity contribution in [2.75, 3.05) is 40.3 Å². The number of likely N-dealkylation sites (tertiary alicyclic amines) is 1. The van der Waals surface area contributed by atoms with E-state index < -0.39 is 0 Å². The molecule has 0 saturated carbocycles. The van der Waals surface area contributed by atoms with Crippen LogP contribution in [0.2, 0.25) is 0 Å². The van der Waals surface area contributed by atoms with Crippen LogP contribution in [0, 0.1) is 5.92 Å². The highest BCUT2D eigenvalue weighted by molar-refractivity contribution is 14.0. The normalized spacial score (nSPS) is 18.6. The van der Waals surface area contributed by atoms with Gasteiger partial charge < -0.3 is 20.3 Å². The number of benzene rings is 1. The molecule has 0 bridgehead atoms. The van der Waals surface area contributed by atoms with E-state index in [2.05, 4.69) is 33.5 Å². The van der Waals surface area contributed by atoms with Gasteiger partial charge in [0.2, 0.25) is 0 Å². The zero-order chi connectivity index (χ0) is 16.5. The second kappa shape index (κ2) is 11.5. The highest BCUT2D eigenvalue weighted by Crippen LogP contribution is 2.15. The Morgan fingerprint density at radius 1 is 1.38 bits per heavy atom. The fourth-order valence-corrected chi connectivity index (χ4v) is 3.03. The number of guanidine groups is 1. The van der Waals surface area contributed by atoms with Gasteiger partial charge in [0.25, 0.3) is 0 Å². The number of hydrogen-bond acceptors (Lipinski definition) is 3. The number of aliphatic imine (C=N–C) groups is 1. The lowest BCUT2D eigenvalue weighted by Crippen LogP contribution is -2.44. The molecule has 0 radical (unpaired) electrons. The van der Waals surface area contributed by atoms with E-state index in [1.54, 1.807) is 7.11 Å². The molecule has 1 unspecified atom stereocenters. The molecule has 1 saturated heterocycles. The van der Waals surface area contributed by atoms with E-state index in [9.17, 15) is 0 Å². The molecule has 0 spiro atoms. The molecule has 6 heteroatoms. The number of halogens is 1. The Morgan fingerprint density at radius 2 is 2.21 bits per heavy atom. The Bertz CT molecular complexity index is 510. The number of nitrogens with one attached hydrogen (secondary N) is 2. The lowest BCUT2D eigenvalue weighted by molar-refractivity contribution is 0.183. The van der Waals surface area contributed by atoms with Crippen molar-refractivity contribution in [3.05, 3.63) is 29.8 Å². The Kier molecular flexibility index (Phi) is 10.1. The summed E-state index contributed by atoms with van der Waals surface area (Å²) in [6.45, 7) is 7.55. The molecule has 5 nitrogen and oxygen atoms in total. The van der Waals surface area contributed by atoms with Gasteiger partial charge >= 0.3 is 0 Å². The lowest BCUT2D eigenvalue weighted by Gasteiger charge is -2.32. The summed E-state index contributed by atoms with van der Waals surface area (Å²) in [4.78, 5) is 6.85. The van der Waals surface area contributed by atoms with Crippen molar-refractivity contribution in [1.29, 1.82) is 0 Å². The van der Waals surface area contributed by atoms with Crippen molar-refractivity contribution in [1.82, 2.24) is 15.5 Å². The van der Waals surface area contributed by atoms with Crippen LogP contribution in [0.25, 0.3) is 0 Å². The molecule has 2 rings (SSSR count). The Balaban J connectivity index is 0.00000288. The largest absolute Gasteiger partial charge is 0.497 e. The lowest BCUT2D eigenvalue weighted by atomic mass is 9.98. The third kappa shape index (κ3) is 6.84. The molecule has 1 heterocycles. The number of piperidine rings is 1.